The van der Waals surface area contributed by atoms with Gasteiger partial charge in [0.05, 0.1) is 7.11 Å². The highest BCUT2D eigenvalue weighted by atomic mass is 16.5. The second kappa shape index (κ2) is 5.51. The lowest BCUT2D eigenvalue weighted by Crippen LogP contribution is -2.39. The molecule has 0 bridgehead atoms. The standard InChI is InChI=1S/C17H19N5O3/c1-4-20-15(23)13-14(19(2)17(20)24)18-16-21(8-9-22(13)16)11-6-5-7-12(10-11)25-3/h5-7,10H,4,8-9H2,1-3H3. The van der Waals surface area contributed by atoms with Gasteiger partial charge in [-0.05, 0) is 19.1 Å². The number of hydrogen-bond donors (Lipinski definition) is 0. The van der Waals surface area contributed by atoms with Crippen LogP contribution in [-0.2, 0) is 20.1 Å². The first kappa shape index (κ1) is 15.5. The van der Waals surface area contributed by atoms with Gasteiger partial charge in [0.2, 0.25) is 5.95 Å². The van der Waals surface area contributed by atoms with Crippen LogP contribution in [0.25, 0.3) is 11.2 Å². The fourth-order valence-corrected chi connectivity index (χ4v) is 3.38. The van der Waals surface area contributed by atoms with E-state index in [1.807, 2.05) is 33.7 Å². The minimum Gasteiger partial charge on any atom is -0.497 e. The Balaban J connectivity index is 1.96. The average Bonchev–Trinajstić information content (AvgIpc) is 3.19. The van der Waals surface area contributed by atoms with Crippen molar-refractivity contribution in [1.82, 2.24) is 18.7 Å². The molecule has 1 aliphatic heterocycles. The van der Waals surface area contributed by atoms with Crippen molar-refractivity contribution in [3.63, 3.8) is 0 Å². The first-order chi connectivity index (χ1) is 12.1. The highest BCUT2D eigenvalue weighted by molar-refractivity contribution is 5.77. The van der Waals surface area contributed by atoms with E-state index < -0.39 is 0 Å². The number of ether oxygens (including phenoxy) is 1. The van der Waals surface area contributed by atoms with Gasteiger partial charge in [-0.15, -0.1) is 0 Å². The summed E-state index contributed by atoms with van der Waals surface area (Å²) >= 11 is 0. The molecule has 0 unspecified atom stereocenters. The highest BCUT2D eigenvalue weighted by Crippen LogP contribution is 2.33. The average molecular weight is 341 g/mol. The Bertz CT molecular complexity index is 1090. The van der Waals surface area contributed by atoms with E-state index in [9.17, 15) is 9.59 Å². The maximum absolute atomic E-state index is 12.7. The predicted octanol–water partition coefficient (Wildman–Crippen LogP) is 1.08. The van der Waals surface area contributed by atoms with Crippen LogP contribution < -0.4 is 20.9 Å². The Hall–Kier alpha value is -3.03. The molecule has 0 fully saturated rings. The molecule has 3 heterocycles. The van der Waals surface area contributed by atoms with E-state index in [1.54, 1.807) is 21.1 Å². The Morgan fingerprint density at radius 3 is 2.76 bits per heavy atom. The van der Waals surface area contributed by atoms with Crippen LogP contribution in [0, 0.1) is 0 Å². The number of rotatable bonds is 3. The van der Waals surface area contributed by atoms with E-state index in [1.165, 1.54) is 9.13 Å². The quantitative estimate of drug-likeness (QED) is 0.713. The van der Waals surface area contributed by atoms with Crippen LogP contribution in [0.5, 0.6) is 5.75 Å². The Labute approximate surface area is 143 Å². The number of fused-ring (bicyclic) bond motifs is 3. The molecule has 3 aromatic rings. The zero-order chi connectivity index (χ0) is 17.7. The van der Waals surface area contributed by atoms with Crippen molar-refractivity contribution in [3.05, 3.63) is 45.1 Å². The first-order valence-electron chi connectivity index (χ1n) is 8.18. The molecule has 25 heavy (non-hydrogen) atoms. The summed E-state index contributed by atoms with van der Waals surface area (Å²) in [6.07, 6.45) is 0. The first-order valence-corrected chi connectivity index (χ1v) is 8.18. The summed E-state index contributed by atoms with van der Waals surface area (Å²) in [7, 11) is 3.27. The monoisotopic (exact) mass is 341 g/mol. The lowest BCUT2D eigenvalue weighted by atomic mass is 10.3. The van der Waals surface area contributed by atoms with Gasteiger partial charge >= 0.3 is 5.69 Å². The second-order valence-corrected chi connectivity index (χ2v) is 5.98. The van der Waals surface area contributed by atoms with E-state index in [-0.39, 0.29) is 11.2 Å². The number of nitrogens with zero attached hydrogens (tertiary/aromatic N) is 5. The van der Waals surface area contributed by atoms with Crippen molar-refractivity contribution in [1.29, 1.82) is 0 Å². The number of aryl methyl sites for hydroxylation is 1. The summed E-state index contributed by atoms with van der Waals surface area (Å²) in [5, 5.41) is 0. The van der Waals surface area contributed by atoms with Gasteiger partial charge in [-0.25, -0.2) is 4.79 Å². The summed E-state index contributed by atoms with van der Waals surface area (Å²) < 4.78 is 9.87. The molecule has 0 radical (unpaired) electrons. The number of benzene rings is 1. The molecule has 2 aromatic heterocycles. The number of hydrogen-bond acceptors (Lipinski definition) is 5. The van der Waals surface area contributed by atoms with Crippen molar-refractivity contribution in [2.45, 2.75) is 20.0 Å². The Morgan fingerprint density at radius 2 is 2.04 bits per heavy atom. The van der Waals surface area contributed by atoms with Crippen LogP contribution in [0.15, 0.2) is 33.9 Å². The lowest BCUT2D eigenvalue weighted by Gasteiger charge is -2.16. The van der Waals surface area contributed by atoms with Gasteiger partial charge in [-0.2, -0.15) is 4.98 Å². The van der Waals surface area contributed by atoms with Crippen molar-refractivity contribution in [2.75, 3.05) is 18.6 Å². The second-order valence-electron chi connectivity index (χ2n) is 5.98. The maximum Gasteiger partial charge on any atom is 0.332 e. The largest absolute Gasteiger partial charge is 0.497 e. The van der Waals surface area contributed by atoms with Crippen LogP contribution in [0.1, 0.15) is 6.92 Å². The molecule has 1 aromatic carbocycles. The minimum atomic E-state index is -0.343. The van der Waals surface area contributed by atoms with Gasteiger partial charge in [0, 0.05) is 38.4 Å². The number of aromatic nitrogens is 4. The number of anilines is 2. The van der Waals surface area contributed by atoms with E-state index >= 15 is 0 Å². The summed E-state index contributed by atoms with van der Waals surface area (Å²) in [4.78, 5) is 31.7. The van der Waals surface area contributed by atoms with E-state index in [4.69, 9.17) is 4.74 Å². The van der Waals surface area contributed by atoms with Crippen molar-refractivity contribution in [3.8, 4) is 5.75 Å². The van der Waals surface area contributed by atoms with E-state index in [0.29, 0.717) is 36.7 Å². The zero-order valence-electron chi connectivity index (χ0n) is 14.4. The highest BCUT2D eigenvalue weighted by Gasteiger charge is 2.28. The van der Waals surface area contributed by atoms with Crippen molar-refractivity contribution >= 4 is 22.8 Å². The van der Waals surface area contributed by atoms with Crippen LogP contribution >= 0.6 is 0 Å². The molecule has 0 atom stereocenters. The summed E-state index contributed by atoms with van der Waals surface area (Å²) in [5.41, 5.74) is 1.21. The molecule has 0 saturated carbocycles. The van der Waals surface area contributed by atoms with Crippen molar-refractivity contribution in [2.24, 2.45) is 7.05 Å². The maximum atomic E-state index is 12.7. The molecule has 4 rings (SSSR count). The van der Waals surface area contributed by atoms with Crippen LogP contribution in [0.3, 0.4) is 0 Å². The molecule has 8 heteroatoms. The Kier molecular flexibility index (Phi) is 3.41. The topological polar surface area (TPSA) is 74.3 Å². The molecule has 0 saturated heterocycles. The van der Waals surface area contributed by atoms with Gasteiger partial charge in [0.15, 0.2) is 11.2 Å². The fourth-order valence-electron chi connectivity index (χ4n) is 3.38. The van der Waals surface area contributed by atoms with Gasteiger partial charge in [0.25, 0.3) is 5.56 Å². The van der Waals surface area contributed by atoms with Gasteiger partial charge < -0.3 is 14.2 Å². The lowest BCUT2D eigenvalue weighted by molar-refractivity contribution is 0.415. The third-order valence-corrected chi connectivity index (χ3v) is 4.68. The number of imidazole rings is 1. The molecular weight excluding hydrogens is 322 g/mol. The summed E-state index contributed by atoms with van der Waals surface area (Å²) in [6, 6.07) is 7.70. The minimum absolute atomic E-state index is 0.285. The van der Waals surface area contributed by atoms with Crippen LogP contribution in [-0.4, -0.2) is 32.3 Å². The Morgan fingerprint density at radius 1 is 1.24 bits per heavy atom. The third kappa shape index (κ3) is 2.10. The molecule has 130 valence electrons. The van der Waals surface area contributed by atoms with Gasteiger partial charge in [-0.3, -0.25) is 13.9 Å². The molecule has 0 spiro atoms. The van der Waals surface area contributed by atoms with Crippen LogP contribution in [0.4, 0.5) is 11.6 Å². The SMILES string of the molecule is CCn1c(=O)c2c(nc3n2CCN3c2cccc(OC)c2)n(C)c1=O. The summed E-state index contributed by atoms with van der Waals surface area (Å²) in [5.74, 6) is 1.43. The molecule has 0 aliphatic carbocycles. The zero-order valence-corrected chi connectivity index (χ0v) is 14.4. The molecule has 1 aliphatic rings. The summed E-state index contributed by atoms with van der Waals surface area (Å²) in [6.45, 7) is 3.47. The van der Waals surface area contributed by atoms with E-state index in [0.717, 1.165) is 11.4 Å². The molecule has 8 nitrogen and oxygen atoms in total. The van der Waals surface area contributed by atoms with Crippen LogP contribution in [0.2, 0.25) is 0 Å². The normalized spacial score (nSPS) is 13.5. The van der Waals surface area contributed by atoms with Gasteiger partial charge in [0.1, 0.15) is 5.75 Å². The third-order valence-electron chi connectivity index (χ3n) is 4.68. The van der Waals surface area contributed by atoms with E-state index in [2.05, 4.69) is 4.98 Å². The fraction of sp³-hybridized carbons (Fsp3) is 0.353. The molecular formula is C17H19N5O3. The van der Waals surface area contributed by atoms with Gasteiger partial charge in [-0.1, -0.05) is 6.07 Å². The van der Waals surface area contributed by atoms with Crippen molar-refractivity contribution < 1.29 is 4.74 Å². The molecule has 0 amide bonds. The molecule has 0 N–H and O–H groups in total. The number of methoxy groups -OCH3 is 1. The smallest absolute Gasteiger partial charge is 0.332 e. The predicted molar refractivity (Wildman–Crippen MR) is 94.9 cm³/mol.